The van der Waals surface area contributed by atoms with Crippen LogP contribution in [-0.2, 0) is 13.1 Å². The number of imidazole rings is 2. The molecule has 4 N–H and O–H groups in total. The number of nitrogen functional groups attached to an aromatic ring is 1. The molecule has 0 aliphatic heterocycles. The predicted octanol–water partition coefficient (Wildman–Crippen LogP) is 6.39. The van der Waals surface area contributed by atoms with Gasteiger partial charge in [0.25, 0.3) is 0 Å². The van der Waals surface area contributed by atoms with Gasteiger partial charge in [-0.05, 0) is 93.4 Å². The Morgan fingerprint density at radius 2 is 1.15 bits per heavy atom. The van der Waals surface area contributed by atoms with Crippen molar-refractivity contribution in [3.8, 4) is 35.2 Å². The minimum atomic E-state index is -0.0927. The molecule has 0 aliphatic carbocycles. The smallest absolute Gasteiger partial charge is 0.202 e. The Kier molecular flexibility index (Phi) is 12.9. The van der Waals surface area contributed by atoms with Crippen LogP contribution in [0.3, 0.4) is 0 Å². The summed E-state index contributed by atoms with van der Waals surface area (Å²) >= 11 is 0. The number of carbonyl (C=O) groups is 2. The van der Waals surface area contributed by atoms with Crippen molar-refractivity contribution in [3.63, 3.8) is 0 Å². The second-order valence-corrected chi connectivity index (χ2v) is 13.8. The molecule has 4 heterocycles. The van der Waals surface area contributed by atoms with Crippen LogP contribution in [0.4, 0.5) is 23.0 Å². The summed E-state index contributed by atoms with van der Waals surface area (Å²) in [7, 11) is 3.78. The first-order chi connectivity index (χ1) is 30.2. The van der Waals surface area contributed by atoms with Crippen molar-refractivity contribution in [2.45, 2.75) is 25.9 Å². The number of para-hydroxylation sites is 4. The maximum atomic E-state index is 13.1. The molecule has 0 radical (unpaired) electrons. The number of carbonyl (C=O) groups excluding carboxylic acids is 2. The van der Waals surface area contributed by atoms with Gasteiger partial charge in [-0.2, -0.15) is 10.5 Å². The Balaban J connectivity index is 0.000000188. The van der Waals surface area contributed by atoms with Crippen LogP contribution in [0.1, 0.15) is 33.6 Å². The standard InChI is InChI=1S/C23H22N8O2.C20H17N7O2/c1-30(2)15-26-17-10-8-16(9-11-17)20(32)14-31-19-7-4-3-6-18(19)27-23(31)21-22(29-33-28-21)25-13-5-12-24;21-10-3-11-23-19-18(25-29-26-19)20-24-15-4-1-2-5-16(15)27(20)12-17(28)13-6-8-14(22)9-7-13/h3-4,6-11,15H,5,13-14H2,1-2H3,(H,25,29);1-2,4-9H,3,11-12,22H2,(H,23,26). The largest absolute Gasteiger partial charge is 0.399 e. The van der Waals surface area contributed by atoms with Crippen LogP contribution in [-0.4, -0.2) is 89.7 Å². The molecule has 8 aromatic rings. The maximum absolute atomic E-state index is 13.1. The maximum Gasteiger partial charge on any atom is 0.202 e. The van der Waals surface area contributed by atoms with E-state index in [1.807, 2.05) is 67.5 Å². The molecule has 19 nitrogen and oxygen atoms in total. The molecule has 0 saturated carbocycles. The summed E-state index contributed by atoms with van der Waals surface area (Å²) in [4.78, 5) is 41.5. The molecule has 19 heteroatoms. The molecule has 0 bridgehead atoms. The first-order valence-electron chi connectivity index (χ1n) is 19.2. The molecular weight excluding hydrogens is 791 g/mol. The number of nitrogens with zero attached hydrogens (tertiary/aromatic N) is 12. The van der Waals surface area contributed by atoms with Crippen LogP contribution in [0.25, 0.3) is 45.1 Å². The average Bonchev–Trinajstić information content (AvgIpc) is 4.10. The number of ketones is 2. The molecule has 4 aromatic carbocycles. The van der Waals surface area contributed by atoms with Crippen molar-refractivity contribution < 1.29 is 18.8 Å². The molecule has 62 heavy (non-hydrogen) atoms. The molecule has 0 unspecified atom stereocenters. The number of aliphatic imine (C=N–C) groups is 1. The van der Waals surface area contributed by atoms with Gasteiger partial charge in [0.05, 0.1) is 72.2 Å². The van der Waals surface area contributed by atoms with Crippen molar-refractivity contribution in [2.24, 2.45) is 4.99 Å². The van der Waals surface area contributed by atoms with E-state index in [9.17, 15) is 9.59 Å². The van der Waals surface area contributed by atoms with Crippen LogP contribution in [0.15, 0.2) is 111 Å². The highest BCUT2D eigenvalue weighted by atomic mass is 16.6. The predicted molar refractivity (Wildman–Crippen MR) is 231 cm³/mol. The lowest BCUT2D eigenvalue weighted by Crippen LogP contribution is -2.12. The molecular formula is C43H39N15O4. The fourth-order valence-corrected chi connectivity index (χ4v) is 6.26. The number of nitrogens with two attached hydrogens (primary N) is 1. The van der Waals surface area contributed by atoms with E-state index in [4.69, 9.17) is 25.5 Å². The van der Waals surface area contributed by atoms with Gasteiger partial charge < -0.3 is 30.4 Å². The minimum Gasteiger partial charge on any atom is -0.399 e. The molecule has 0 saturated heterocycles. The third-order valence-corrected chi connectivity index (χ3v) is 9.23. The number of benzene rings is 4. The van der Waals surface area contributed by atoms with Gasteiger partial charge in [0, 0.05) is 44.0 Å². The average molecular weight is 830 g/mol. The second kappa shape index (κ2) is 19.4. The Morgan fingerprint density at radius 3 is 1.60 bits per heavy atom. The van der Waals surface area contributed by atoms with Gasteiger partial charge in [0.2, 0.25) is 11.6 Å². The quantitative estimate of drug-likeness (QED) is 0.0313. The minimum absolute atomic E-state index is 0.0562. The van der Waals surface area contributed by atoms with Gasteiger partial charge in [-0.25, -0.2) is 24.2 Å². The van der Waals surface area contributed by atoms with E-state index in [0.29, 0.717) is 77.4 Å². The highest BCUT2D eigenvalue weighted by Crippen LogP contribution is 2.30. The number of aromatic nitrogens is 8. The third-order valence-electron chi connectivity index (χ3n) is 9.23. The Morgan fingerprint density at radius 1 is 0.694 bits per heavy atom. The van der Waals surface area contributed by atoms with E-state index < -0.39 is 0 Å². The van der Waals surface area contributed by atoms with Crippen molar-refractivity contribution >= 4 is 63.0 Å². The van der Waals surface area contributed by atoms with Crippen molar-refractivity contribution in [1.29, 1.82) is 10.5 Å². The van der Waals surface area contributed by atoms with Gasteiger partial charge in [0.15, 0.2) is 34.6 Å². The Bertz CT molecular complexity index is 2930. The lowest BCUT2D eigenvalue weighted by Gasteiger charge is -2.09. The molecule has 8 rings (SSSR count). The van der Waals surface area contributed by atoms with E-state index >= 15 is 0 Å². The highest BCUT2D eigenvalue weighted by Gasteiger charge is 2.24. The summed E-state index contributed by atoms with van der Waals surface area (Å²) in [5.41, 5.74) is 12.0. The first kappa shape index (κ1) is 41.4. The summed E-state index contributed by atoms with van der Waals surface area (Å²) in [5, 5.41) is 39.3. The summed E-state index contributed by atoms with van der Waals surface area (Å²) in [6.45, 7) is 0.896. The monoisotopic (exact) mass is 829 g/mol. The van der Waals surface area contributed by atoms with Crippen LogP contribution in [0, 0.1) is 22.7 Å². The van der Waals surface area contributed by atoms with E-state index in [2.05, 4.69) is 58.4 Å². The zero-order valence-electron chi connectivity index (χ0n) is 33.6. The molecule has 0 atom stereocenters. The van der Waals surface area contributed by atoms with Crippen molar-refractivity contribution in [1.82, 2.24) is 44.6 Å². The molecule has 0 fully saturated rings. The Labute approximate surface area is 354 Å². The summed E-state index contributed by atoms with van der Waals surface area (Å²) in [6, 6.07) is 33.1. The fourth-order valence-electron chi connectivity index (χ4n) is 6.26. The molecule has 310 valence electrons. The van der Waals surface area contributed by atoms with Crippen LogP contribution in [0.5, 0.6) is 0 Å². The number of hydrogen-bond acceptors (Lipinski definition) is 16. The molecule has 4 aromatic heterocycles. The number of hydrogen-bond donors (Lipinski definition) is 3. The van der Waals surface area contributed by atoms with Gasteiger partial charge >= 0.3 is 0 Å². The lowest BCUT2D eigenvalue weighted by atomic mass is 10.1. The van der Waals surface area contributed by atoms with E-state index in [-0.39, 0.29) is 24.7 Å². The summed E-state index contributed by atoms with van der Waals surface area (Å²) in [6.07, 6.45) is 2.31. The molecule has 0 amide bonds. The fraction of sp³-hybridized carbons (Fsp3) is 0.186. The number of anilines is 3. The second-order valence-electron chi connectivity index (χ2n) is 13.8. The molecule has 0 aliphatic rings. The van der Waals surface area contributed by atoms with E-state index in [0.717, 1.165) is 27.8 Å². The number of fused-ring (bicyclic) bond motifs is 2. The zero-order valence-corrected chi connectivity index (χ0v) is 33.6. The molecule has 0 spiro atoms. The van der Waals surface area contributed by atoms with Crippen LogP contribution in [0.2, 0.25) is 0 Å². The normalized spacial score (nSPS) is 10.9. The van der Waals surface area contributed by atoms with Crippen LogP contribution < -0.4 is 16.4 Å². The SMILES string of the molecule is CN(C)C=Nc1ccc(C(=O)Cn2c(-c3nonc3NCCC#N)nc3ccccc32)cc1.N#CCCNc1nonc1-c1nc2ccccc2n1CC(=O)c1ccc(N)cc1. The highest BCUT2D eigenvalue weighted by molar-refractivity contribution is 5.98. The zero-order chi connectivity index (χ0) is 43.4. The van der Waals surface area contributed by atoms with Gasteiger partial charge in [-0.3, -0.25) is 9.59 Å². The topological polar surface area (TPSA) is 261 Å². The summed E-state index contributed by atoms with van der Waals surface area (Å²) < 4.78 is 13.4. The van der Waals surface area contributed by atoms with Crippen molar-refractivity contribution in [2.75, 3.05) is 43.6 Å². The number of Topliss-reactive ketones (excluding diaryl/α,β-unsaturated/α-hetero) is 2. The van der Waals surface area contributed by atoms with Crippen LogP contribution >= 0.6 is 0 Å². The number of nitriles is 2. The van der Waals surface area contributed by atoms with E-state index in [1.165, 1.54) is 0 Å². The number of rotatable bonds is 16. The Hall–Kier alpha value is -8.71. The van der Waals surface area contributed by atoms with Gasteiger partial charge in [0.1, 0.15) is 0 Å². The lowest BCUT2D eigenvalue weighted by molar-refractivity contribution is 0.0966. The first-order valence-corrected chi connectivity index (χ1v) is 19.2. The third kappa shape index (κ3) is 9.59. The summed E-state index contributed by atoms with van der Waals surface area (Å²) in [5.74, 6) is 1.48. The van der Waals surface area contributed by atoms with Crippen molar-refractivity contribution in [3.05, 3.63) is 108 Å². The van der Waals surface area contributed by atoms with E-state index in [1.54, 1.807) is 64.0 Å². The van der Waals surface area contributed by atoms with Gasteiger partial charge in [-0.1, -0.05) is 24.3 Å². The number of nitrogens with one attached hydrogen (secondary N) is 2. The van der Waals surface area contributed by atoms with Gasteiger partial charge in [-0.15, -0.1) is 0 Å².